The van der Waals surface area contributed by atoms with Gasteiger partial charge in [0.15, 0.2) is 0 Å². The van der Waals surface area contributed by atoms with Gasteiger partial charge in [-0.1, -0.05) is 59.6 Å². The Hall–Kier alpha value is -5.52. The van der Waals surface area contributed by atoms with Crippen LogP contribution in [0.1, 0.15) is 44.8 Å². The van der Waals surface area contributed by atoms with E-state index in [2.05, 4.69) is 127 Å². The van der Waals surface area contributed by atoms with Gasteiger partial charge < -0.3 is 13.9 Å². The molecule has 0 aliphatic rings. The number of aromatic nitrogens is 6. The van der Waals surface area contributed by atoms with Crippen molar-refractivity contribution in [2.45, 2.75) is 55.4 Å². The topological polar surface area (TPSA) is 62.7 Å². The molecule has 9 aromatic rings. The Morgan fingerprint density at radius 1 is 0.604 bits per heavy atom. The number of hydrogen-bond donors (Lipinski definition) is 0. The second-order valence-electron chi connectivity index (χ2n) is 14.1. The van der Waals surface area contributed by atoms with Gasteiger partial charge in [0.2, 0.25) is 0 Å². The van der Waals surface area contributed by atoms with Crippen LogP contribution in [0.3, 0.4) is 0 Å². The van der Waals surface area contributed by atoms with E-state index in [9.17, 15) is 0 Å². The predicted octanol–water partition coefficient (Wildman–Crippen LogP) is 10.7. The van der Waals surface area contributed by atoms with E-state index in [4.69, 9.17) is 9.72 Å². The van der Waals surface area contributed by atoms with E-state index in [1.54, 1.807) is 4.68 Å². The Morgan fingerprint density at radius 2 is 1.30 bits per heavy atom. The van der Waals surface area contributed by atoms with Crippen molar-refractivity contribution >= 4 is 43.6 Å². The number of ether oxygens (including phenoxy) is 1. The first-order valence-electron chi connectivity index (χ1n) is 17.6. The monoisotopic (exact) mass is 873 g/mol. The first kappa shape index (κ1) is 34.6. The average molecular weight is 874 g/mol. The number of pyridine rings is 1. The fraction of sp³-hybridized carbons (Fsp3) is 0.178. The third-order valence-corrected chi connectivity index (χ3v) is 10.7. The van der Waals surface area contributed by atoms with E-state index < -0.39 is 0 Å². The van der Waals surface area contributed by atoms with Crippen LogP contribution in [-0.2, 0) is 21.1 Å². The summed E-state index contributed by atoms with van der Waals surface area (Å²) in [5.41, 5.74) is 15.4. The molecule has 0 saturated heterocycles. The van der Waals surface area contributed by atoms with E-state index in [-0.39, 0.29) is 21.1 Å². The Balaban J connectivity index is 0.00000400. The third-order valence-electron chi connectivity index (χ3n) is 10.7. The van der Waals surface area contributed by atoms with Crippen molar-refractivity contribution in [1.82, 2.24) is 29.1 Å². The zero-order chi connectivity index (χ0) is 36.0. The van der Waals surface area contributed by atoms with E-state index in [1.165, 1.54) is 49.6 Å². The summed E-state index contributed by atoms with van der Waals surface area (Å²) in [5, 5.41) is 13.3. The molecule has 0 aliphatic carbocycles. The molecule has 53 heavy (non-hydrogen) atoms. The van der Waals surface area contributed by atoms with Crippen LogP contribution < -0.4 is 4.74 Å². The van der Waals surface area contributed by atoms with Gasteiger partial charge in [-0.15, -0.1) is 40.8 Å². The minimum Gasteiger partial charge on any atom is -0.509 e. The fourth-order valence-corrected chi connectivity index (χ4v) is 7.57. The minimum absolute atomic E-state index is 0. The number of benzene rings is 5. The summed E-state index contributed by atoms with van der Waals surface area (Å²) in [4.78, 5) is 5.00. The molecule has 0 atom stereocenters. The second-order valence-corrected chi connectivity index (χ2v) is 14.1. The van der Waals surface area contributed by atoms with Crippen LogP contribution in [0.15, 0.2) is 85.1 Å². The van der Waals surface area contributed by atoms with Gasteiger partial charge in [-0.2, -0.15) is 11.6 Å². The zero-order valence-corrected chi connectivity index (χ0v) is 33.3. The second kappa shape index (κ2) is 12.9. The van der Waals surface area contributed by atoms with E-state index >= 15 is 0 Å². The zero-order valence-electron chi connectivity index (χ0n) is 31.0. The largest absolute Gasteiger partial charge is 2.00 e. The van der Waals surface area contributed by atoms with Gasteiger partial charge >= 0.3 is 21.1 Å². The Morgan fingerprint density at radius 3 is 1.98 bits per heavy atom. The number of hydrogen-bond acceptors (Lipinski definition) is 4. The van der Waals surface area contributed by atoms with Gasteiger partial charge in [-0.3, -0.25) is 0 Å². The van der Waals surface area contributed by atoms with Gasteiger partial charge in [0.05, 0.1) is 28.1 Å². The first-order chi connectivity index (χ1) is 25.1. The number of nitrogens with zero attached hydrogens (tertiary/aromatic N) is 6. The van der Waals surface area contributed by atoms with E-state index in [1.807, 2.05) is 45.2 Å². The molecular formula is C45H38N6OPt. The van der Waals surface area contributed by atoms with Crippen LogP contribution in [-0.4, -0.2) is 29.1 Å². The Bertz CT molecular complexity index is 2860. The normalized spacial score (nSPS) is 11.6. The molecule has 0 amide bonds. The maximum absolute atomic E-state index is 6.50. The molecule has 5 aromatic carbocycles. The van der Waals surface area contributed by atoms with Crippen molar-refractivity contribution in [3.05, 3.63) is 142 Å². The number of aryl methyl sites for hydroxylation is 7. The number of fused-ring (bicyclic) bond motifs is 6. The standard InChI is InChI=1S/C45H38N6O.Pt/c1-25-9-16-41-40(21-25)37-15-12-35(52-36-20-26(2)19-34(22-36)51-32(8)31(7)47-48-51)24-42(37)50(41)43-23-33(17-18-46-43)49-44-29(5)27(3)10-13-38(44)39-14-11-28(4)30(6)45(39)49;/h9-21,23H,1-8H3;/q-2;+2. The molecule has 8 heteroatoms. The molecule has 4 heterocycles. The van der Waals surface area contributed by atoms with Crippen molar-refractivity contribution in [2.24, 2.45) is 0 Å². The molecule has 0 saturated carbocycles. The first-order valence-corrected chi connectivity index (χ1v) is 17.6. The predicted molar refractivity (Wildman–Crippen MR) is 210 cm³/mol. The fourth-order valence-electron chi connectivity index (χ4n) is 7.57. The van der Waals surface area contributed by atoms with E-state index in [0.717, 1.165) is 55.9 Å². The summed E-state index contributed by atoms with van der Waals surface area (Å²) in [6.45, 7) is 17.0. The molecule has 0 fully saturated rings. The van der Waals surface area contributed by atoms with Crippen LogP contribution in [0.5, 0.6) is 11.5 Å². The van der Waals surface area contributed by atoms with Crippen molar-refractivity contribution in [1.29, 1.82) is 0 Å². The van der Waals surface area contributed by atoms with Crippen molar-refractivity contribution in [3.63, 3.8) is 0 Å². The molecule has 0 aliphatic heterocycles. The van der Waals surface area contributed by atoms with Gasteiger partial charge in [0, 0.05) is 40.1 Å². The SMILES string of the molecule is Cc1cc(Oc2[c-]c3c(cc2)c2cc(C)ccc2n3-c2cc(-n3c4c(C)c(C)ccc4c4ccc(C)c(C)c43)ccn2)[c-]c(-n2nnc(C)c2C)c1.[Pt+2]. The molecule has 264 valence electrons. The quantitative estimate of drug-likeness (QED) is 0.162. The average Bonchev–Trinajstić information content (AvgIpc) is 3.76. The van der Waals surface area contributed by atoms with Gasteiger partial charge in [0.1, 0.15) is 5.82 Å². The van der Waals surface area contributed by atoms with Crippen LogP contribution in [0, 0.1) is 67.5 Å². The summed E-state index contributed by atoms with van der Waals surface area (Å²) in [6.07, 6.45) is 1.92. The smallest absolute Gasteiger partial charge is 0.509 e. The number of rotatable bonds is 5. The maximum atomic E-state index is 6.50. The van der Waals surface area contributed by atoms with Crippen LogP contribution in [0.4, 0.5) is 0 Å². The van der Waals surface area contributed by atoms with E-state index in [0.29, 0.717) is 11.5 Å². The van der Waals surface area contributed by atoms with Gasteiger partial charge in [-0.25, -0.2) is 9.67 Å². The van der Waals surface area contributed by atoms with Crippen molar-refractivity contribution in [2.75, 3.05) is 0 Å². The van der Waals surface area contributed by atoms with Crippen LogP contribution in [0.25, 0.3) is 60.8 Å². The van der Waals surface area contributed by atoms with Gasteiger partial charge in [0.25, 0.3) is 0 Å². The van der Waals surface area contributed by atoms with Gasteiger partial charge in [-0.05, 0) is 93.9 Å². The molecular weight excluding hydrogens is 836 g/mol. The molecule has 0 N–H and O–H groups in total. The Labute approximate surface area is 323 Å². The molecule has 0 unspecified atom stereocenters. The molecule has 0 bridgehead atoms. The van der Waals surface area contributed by atoms with Crippen molar-refractivity contribution < 1.29 is 25.8 Å². The summed E-state index contributed by atoms with van der Waals surface area (Å²) in [6, 6.07) is 35.0. The summed E-state index contributed by atoms with van der Waals surface area (Å²) < 4.78 is 12.9. The molecule has 9 rings (SSSR count). The summed E-state index contributed by atoms with van der Waals surface area (Å²) in [5.74, 6) is 1.98. The molecule has 0 radical (unpaired) electrons. The maximum Gasteiger partial charge on any atom is 2.00 e. The molecule has 4 aromatic heterocycles. The minimum atomic E-state index is 0. The summed E-state index contributed by atoms with van der Waals surface area (Å²) >= 11 is 0. The molecule has 7 nitrogen and oxygen atoms in total. The Kier molecular flexibility index (Phi) is 8.38. The van der Waals surface area contributed by atoms with Crippen LogP contribution >= 0.6 is 0 Å². The summed E-state index contributed by atoms with van der Waals surface area (Å²) in [7, 11) is 0. The molecule has 0 spiro atoms. The van der Waals surface area contributed by atoms with Crippen molar-refractivity contribution in [3.8, 4) is 28.7 Å². The third kappa shape index (κ3) is 5.48. The van der Waals surface area contributed by atoms with Crippen LogP contribution in [0.2, 0.25) is 0 Å².